The number of hydrogen-bond acceptors (Lipinski definition) is 4. The van der Waals surface area contributed by atoms with Gasteiger partial charge in [0, 0.05) is 13.0 Å². The van der Waals surface area contributed by atoms with Crippen LogP contribution in [0.4, 0.5) is 0 Å². The molecule has 112 valence electrons. The van der Waals surface area contributed by atoms with Gasteiger partial charge in [0.1, 0.15) is 24.5 Å². The van der Waals surface area contributed by atoms with Crippen molar-refractivity contribution in [2.24, 2.45) is 0 Å². The fourth-order valence-corrected chi connectivity index (χ4v) is 2.02. The van der Waals surface area contributed by atoms with Gasteiger partial charge in [-0.15, -0.1) is 0 Å². The van der Waals surface area contributed by atoms with E-state index in [1.165, 1.54) is 0 Å². The highest BCUT2D eigenvalue weighted by molar-refractivity contribution is 5.75. The molecule has 0 fully saturated rings. The van der Waals surface area contributed by atoms with Crippen LogP contribution in [0.15, 0.2) is 30.6 Å². The van der Waals surface area contributed by atoms with Crippen molar-refractivity contribution in [1.29, 1.82) is 0 Å². The van der Waals surface area contributed by atoms with E-state index >= 15 is 0 Å². The van der Waals surface area contributed by atoms with Crippen LogP contribution in [0.5, 0.6) is 5.75 Å². The van der Waals surface area contributed by atoms with Crippen molar-refractivity contribution in [3.8, 4) is 5.75 Å². The van der Waals surface area contributed by atoms with Gasteiger partial charge in [-0.3, -0.25) is 0 Å². The molecule has 0 spiro atoms. The molecule has 0 amide bonds. The van der Waals surface area contributed by atoms with Crippen molar-refractivity contribution >= 4 is 5.78 Å². The van der Waals surface area contributed by atoms with Gasteiger partial charge in [0.05, 0.1) is 0 Å². The van der Waals surface area contributed by atoms with Crippen LogP contribution in [0.1, 0.15) is 38.1 Å². The number of ether oxygens (including phenoxy) is 1. The van der Waals surface area contributed by atoms with Crippen LogP contribution in [0.25, 0.3) is 0 Å². The zero-order chi connectivity index (χ0) is 15.1. The molecule has 0 atom stereocenters. The predicted molar refractivity (Wildman–Crippen MR) is 80.1 cm³/mol. The molecule has 0 unspecified atom stereocenters. The van der Waals surface area contributed by atoms with E-state index in [-0.39, 0.29) is 5.78 Å². The Balaban J connectivity index is 1.88. The Hall–Kier alpha value is -2.17. The van der Waals surface area contributed by atoms with Gasteiger partial charge in [-0.1, -0.05) is 19.1 Å². The third-order valence-electron chi connectivity index (χ3n) is 3.19. The summed E-state index contributed by atoms with van der Waals surface area (Å²) in [6, 6.07) is 7.84. The van der Waals surface area contributed by atoms with Crippen LogP contribution in [0, 0.1) is 0 Å². The fourth-order valence-electron chi connectivity index (χ4n) is 2.02. The van der Waals surface area contributed by atoms with Gasteiger partial charge in [-0.25, -0.2) is 9.67 Å². The number of benzene rings is 1. The summed E-state index contributed by atoms with van der Waals surface area (Å²) in [6.07, 6.45) is 3.93. The van der Waals surface area contributed by atoms with E-state index in [9.17, 15) is 4.79 Å². The van der Waals surface area contributed by atoms with Crippen molar-refractivity contribution in [3.63, 3.8) is 0 Å². The number of nitrogens with zero attached hydrogens (tertiary/aromatic N) is 3. The zero-order valence-electron chi connectivity index (χ0n) is 12.6. The first-order chi connectivity index (χ1) is 10.2. The Bertz CT molecular complexity index is 575. The van der Waals surface area contributed by atoms with E-state index < -0.39 is 0 Å². The Kier molecular flexibility index (Phi) is 5.49. The van der Waals surface area contributed by atoms with Gasteiger partial charge in [0.2, 0.25) is 0 Å². The summed E-state index contributed by atoms with van der Waals surface area (Å²) in [5, 5.41) is 4.17. The van der Waals surface area contributed by atoms with Gasteiger partial charge in [0.15, 0.2) is 5.82 Å². The van der Waals surface area contributed by atoms with Crippen molar-refractivity contribution in [2.45, 2.75) is 46.3 Å². The topological polar surface area (TPSA) is 57.0 Å². The molecule has 1 aromatic carbocycles. The highest BCUT2D eigenvalue weighted by Crippen LogP contribution is 2.15. The van der Waals surface area contributed by atoms with E-state index in [0.29, 0.717) is 13.0 Å². The highest BCUT2D eigenvalue weighted by atomic mass is 16.5. The molecule has 0 aliphatic carbocycles. The summed E-state index contributed by atoms with van der Waals surface area (Å²) in [6.45, 7) is 4.98. The predicted octanol–water partition coefficient (Wildman–Crippen LogP) is 2.79. The molecule has 2 rings (SSSR count). The van der Waals surface area contributed by atoms with Crippen LogP contribution in [-0.4, -0.2) is 20.5 Å². The van der Waals surface area contributed by atoms with Crippen LogP contribution < -0.4 is 4.74 Å². The number of carbonyl (C=O) groups excluding carboxylic acids is 1. The lowest BCUT2D eigenvalue weighted by Crippen LogP contribution is -2.08. The second-order valence-corrected chi connectivity index (χ2v) is 5.03. The van der Waals surface area contributed by atoms with E-state index in [0.717, 1.165) is 36.5 Å². The van der Waals surface area contributed by atoms with E-state index in [1.54, 1.807) is 13.3 Å². The molecule has 2 aromatic rings. The molecule has 5 heteroatoms. The van der Waals surface area contributed by atoms with Crippen molar-refractivity contribution in [3.05, 3.63) is 42.0 Å². The van der Waals surface area contributed by atoms with Crippen LogP contribution in [-0.2, 0) is 24.4 Å². The number of carbonyl (C=O) groups is 1. The summed E-state index contributed by atoms with van der Waals surface area (Å²) in [4.78, 5) is 15.2. The minimum atomic E-state index is 0.214. The maximum atomic E-state index is 11.0. The first kappa shape index (κ1) is 15.2. The molecule has 0 aliphatic rings. The van der Waals surface area contributed by atoms with E-state index in [1.807, 2.05) is 28.9 Å². The summed E-state index contributed by atoms with van der Waals surface area (Å²) in [5.74, 6) is 1.84. The smallest absolute Gasteiger partial charge is 0.164 e. The van der Waals surface area contributed by atoms with Crippen molar-refractivity contribution in [1.82, 2.24) is 14.8 Å². The minimum Gasteiger partial charge on any atom is -0.486 e. The maximum absolute atomic E-state index is 11.0. The number of aromatic nitrogens is 3. The van der Waals surface area contributed by atoms with Crippen molar-refractivity contribution < 1.29 is 9.53 Å². The molecule has 0 saturated carbocycles. The minimum absolute atomic E-state index is 0.214. The lowest BCUT2D eigenvalue weighted by molar-refractivity contribution is -0.116. The van der Waals surface area contributed by atoms with Gasteiger partial charge in [0.25, 0.3) is 0 Å². The average molecular weight is 287 g/mol. The second kappa shape index (κ2) is 7.57. The quantitative estimate of drug-likeness (QED) is 0.749. The van der Waals surface area contributed by atoms with E-state index in [4.69, 9.17) is 4.74 Å². The molecule has 0 saturated heterocycles. The highest BCUT2D eigenvalue weighted by Gasteiger charge is 2.04. The summed E-state index contributed by atoms with van der Waals surface area (Å²) in [7, 11) is 0. The Morgan fingerprint density at radius 1 is 1.29 bits per heavy atom. The normalized spacial score (nSPS) is 10.6. The summed E-state index contributed by atoms with van der Waals surface area (Å²) in [5.41, 5.74) is 1.15. The molecule has 0 N–H and O–H groups in total. The molecule has 21 heavy (non-hydrogen) atoms. The molecular weight excluding hydrogens is 266 g/mol. The molecular formula is C16H21N3O2. The van der Waals surface area contributed by atoms with E-state index in [2.05, 4.69) is 17.0 Å². The molecule has 0 bridgehead atoms. The monoisotopic (exact) mass is 287 g/mol. The average Bonchev–Trinajstić information content (AvgIpc) is 2.92. The Labute approximate surface area is 125 Å². The SMILES string of the molecule is CCCn1ncnc1COc1ccc(CCC(C)=O)cc1. The second-order valence-electron chi connectivity index (χ2n) is 5.03. The standard InChI is InChI=1S/C16H21N3O2/c1-3-10-19-16(17-12-18-19)11-21-15-8-6-14(7-9-15)5-4-13(2)20/h6-9,12H,3-5,10-11H2,1-2H3. The third-order valence-corrected chi connectivity index (χ3v) is 3.19. The number of rotatable bonds is 8. The lowest BCUT2D eigenvalue weighted by Gasteiger charge is -2.08. The molecule has 1 aromatic heterocycles. The number of Topliss-reactive ketones (excluding diaryl/α,β-unsaturated/α-hetero) is 1. The van der Waals surface area contributed by atoms with Gasteiger partial charge in [-0.2, -0.15) is 5.10 Å². The Morgan fingerprint density at radius 2 is 2.05 bits per heavy atom. The molecule has 0 aliphatic heterocycles. The summed E-state index contributed by atoms with van der Waals surface area (Å²) >= 11 is 0. The number of ketones is 1. The summed E-state index contributed by atoms with van der Waals surface area (Å²) < 4.78 is 7.59. The number of aryl methyl sites for hydroxylation is 2. The van der Waals surface area contributed by atoms with Crippen LogP contribution >= 0.6 is 0 Å². The maximum Gasteiger partial charge on any atom is 0.164 e. The first-order valence-corrected chi connectivity index (χ1v) is 7.27. The van der Waals surface area contributed by atoms with Gasteiger partial charge >= 0.3 is 0 Å². The number of hydrogen-bond donors (Lipinski definition) is 0. The fraction of sp³-hybridized carbons (Fsp3) is 0.438. The lowest BCUT2D eigenvalue weighted by atomic mass is 10.1. The third kappa shape index (κ3) is 4.70. The largest absolute Gasteiger partial charge is 0.486 e. The van der Waals surface area contributed by atoms with Crippen LogP contribution in [0.2, 0.25) is 0 Å². The molecule has 5 nitrogen and oxygen atoms in total. The molecule has 1 heterocycles. The molecule has 0 radical (unpaired) electrons. The zero-order valence-corrected chi connectivity index (χ0v) is 12.6. The van der Waals surface area contributed by atoms with Crippen molar-refractivity contribution in [2.75, 3.05) is 0 Å². The van der Waals surface area contributed by atoms with Crippen LogP contribution in [0.3, 0.4) is 0 Å². The van der Waals surface area contributed by atoms with Gasteiger partial charge < -0.3 is 9.53 Å². The first-order valence-electron chi connectivity index (χ1n) is 7.27. The van der Waals surface area contributed by atoms with Gasteiger partial charge in [-0.05, 0) is 37.5 Å². The Morgan fingerprint density at radius 3 is 2.71 bits per heavy atom.